The van der Waals surface area contributed by atoms with E-state index in [1.54, 1.807) is 0 Å². The van der Waals surface area contributed by atoms with E-state index >= 15 is 0 Å². The van der Waals surface area contributed by atoms with Gasteiger partial charge in [-0.3, -0.25) is 0 Å². The Morgan fingerprint density at radius 1 is 1.36 bits per heavy atom. The van der Waals surface area contributed by atoms with Crippen LogP contribution in [0.15, 0.2) is 0 Å². The third-order valence-electron chi connectivity index (χ3n) is 2.71. The average Bonchev–Trinajstić information content (AvgIpc) is 2.43. The molecular formula is C8H16N2O3S. The predicted octanol–water partition coefficient (Wildman–Crippen LogP) is -0.991. The molecule has 14 heavy (non-hydrogen) atoms. The highest BCUT2D eigenvalue weighted by molar-refractivity contribution is 7.88. The minimum atomic E-state index is -3.02. The van der Waals surface area contributed by atoms with E-state index in [0.29, 0.717) is 19.2 Å². The van der Waals surface area contributed by atoms with Gasteiger partial charge in [-0.15, -0.1) is 0 Å². The zero-order chi connectivity index (χ0) is 10.2. The Morgan fingerprint density at radius 3 is 2.50 bits per heavy atom. The summed E-state index contributed by atoms with van der Waals surface area (Å²) in [5, 5.41) is 3.12. The van der Waals surface area contributed by atoms with E-state index in [2.05, 4.69) is 5.32 Å². The van der Waals surface area contributed by atoms with E-state index in [4.69, 9.17) is 4.74 Å². The molecule has 6 heteroatoms. The lowest BCUT2D eigenvalue weighted by Crippen LogP contribution is -2.50. The zero-order valence-electron chi connectivity index (χ0n) is 8.27. The fraction of sp³-hybridized carbons (Fsp3) is 1.00. The Morgan fingerprint density at radius 2 is 2.07 bits per heavy atom. The SMILES string of the molecule is CS(=O)(=O)N1CCC(OC2CNC2)C1. The molecule has 2 aliphatic heterocycles. The van der Waals surface area contributed by atoms with Crippen LogP contribution in [-0.4, -0.2) is 57.4 Å². The van der Waals surface area contributed by atoms with Crippen molar-refractivity contribution in [2.24, 2.45) is 0 Å². The summed E-state index contributed by atoms with van der Waals surface area (Å²) in [6.45, 7) is 2.92. The number of hydrogen-bond acceptors (Lipinski definition) is 4. The Hall–Kier alpha value is -0.170. The van der Waals surface area contributed by atoms with Crippen LogP contribution in [0.25, 0.3) is 0 Å². The molecule has 82 valence electrons. The molecule has 0 saturated carbocycles. The summed E-state index contributed by atoms with van der Waals surface area (Å²) in [4.78, 5) is 0. The molecule has 0 bridgehead atoms. The summed E-state index contributed by atoms with van der Waals surface area (Å²) in [6, 6.07) is 0. The molecule has 1 atom stereocenters. The molecule has 2 fully saturated rings. The molecule has 2 heterocycles. The highest BCUT2D eigenvalue weighted by atomic mass is 32.2. The van der Waals surface area contributed by atoms with Crippen LogP contribution in [0.5, 0.6) is 0 Å². The Balaban J connectivity index is 1.82. The number of hydrogen-bond donors (Lipinski definition) is 1. The van der Waals surface area contributed by atoms with E-state index in [-0.39, 0.29) is 6.10 Å². The Kier molecular flexibility index (Phi) is 2.79. The molecule has 0 amide bonds. The second-order valence-corrected chi connectivity index (χ2v) is 5.93. The first-order chi connectivity index (χ1) is 6.55. The van der Waals surface area contributed by atoms with Crippen molar-refractivity contribution in [3.05, 3.63) is 0 Å². The van der Waals surface area contributed by atoms with Crippen LogP contribution in [0.3, 0.4) is 0 Å². The maximum absolute atomic E-state index is 11.2. The van der Waals surface area contributed by atoms with Gasteiger partial charge < -0.3 is 10.1 Å². The molecule has 1 N–H and O–H groups in total. The number of sulfonamides is 1. The van der Waals surface area contributed by atoms with Gasteiger partial charge in [0.05, 0.1) is 18.5 Å². The summed E-state index contributed by atoms with van der Waals surface area (Å²) in [7, 11) is -3.02. The van der Waals surface area contributed by atoms with Gasteiger partial charge in [-0.2, -0.15) is 4.31 Å². The van der Waals surface area contributed by atoms with Crippen molar-refractivity contribution in [2.45, 2.75) is 18.6 Å². The summed E-state index contributed by atoms with van der Waals surface area (Å²) < 4.78 is 29.6. The minimum absolute atomic E-state index is 0.0943. The lowest BCUT2D eigenvalue weighted by Gasteiger charge is -2.29. The van der Waals surface area contributed by atoms with E-state index in [0.717, 1.165) is 19.5 Å². The fourth-order valence-corrected chi connectivity index (χ4v) is 2.61. The fourth-order valence-electron chi connectivity index (χ4n) is 1.74. The quantitative estimate of drug-likeness (QED) is 0.663. The maximum atomic E-state index is 11.2. The van der Waals surface area contributed by atoms with Crippen molar-refractivity contribution in [3.63, 3.8) is 0 Å². The minimum Gasteiger partial charge on any atom is -0.371 e. The van der Waals surface area contributed by atoms with Gasteiger partial charge in [0.1, 0.15) is 0 Å². The van der Waals surface area contributed by atoms with Gasteiger partial charge in [0.25, 0.3) is 0 Å². The largest absolute Gasteiger partial charge is 0.371 e. The first-order valence-corrected chi connectivity index (χ1v) is 6.72. The van der Waals surface area contributed by atoms with Gasteiger partial charge in [-0.05, 0) is 6.42 Å². The maximum Gasteiger partial charge on any atom is 0.211 e. The molecule has 0 radical (unpaired) electrons. The van der Waals surface area contributed by atoms with Gasteiger partial charge in [-0.1, -0.05) is 0 Å². The third kappa shape index (κ3) is 2.25. The molecule has 2 aliphatic rings. The second-order valence-electron chi connectivity index (χ2n) is 3.95. The summed E-state index contributed by atoms with van der Waals surface area (Å²) in [5.74, 6) is 0. The predicted molar refractivity (Wildman–Crippen MR) is 52.6 cm³/mol. The standard InChI is InChI=1S/C8H16N2O3S/c1-14(11,12)10-3-2-7(6-10)13-8-4-9-5-8/h7-9H,2-6H2,1H3. The lowest BCUT2D eigenvalue weighted by molar-refractivity contribution is -0.0296. The zero-order valence-corrected chi connectivity index (χ0v) is 9.09. The van der Waals surface area contributed by atoms with Crippen LogP contribution >= 0.6 is 0 Å². The van der Waals surface area contributed by atoms with Gasteiger partial charge in [0, 0.05) is 26.2 Å². The molecule has 0 aliphatic carbocycles. The first-order valence-electron chi connectivity index (χ1n) is 4.87. The van der Waals surface area contributed by atoms with Crippen LogP contribution < -0.4 is 5.32 Å². The van der Waals surface area contributed by atoms with Crippen LogP contribution in [0.2, 0.25) is 0 Å². The van der Waals surface area contributed by atoms with Crippen molar-refractivity contribution in [1.29, 1.82) is 0 Å². The molecular weight excluding hydrogens is 204 g/mol. The van der Waals surface area contributed by atoms with Crippen LogP contribution in [0.1, 0.15) is 6.42 Å². The Labute approximate surface area is 84.5 Å². The Bertz CT molecular complexity index is 300. The molecule has 0 spiro atoms. The normalized spacial score (nSPS) is 30.5. The molecule has 0 aromatic rings. The van der Waals surface area contributed by atoms with Crippen molar-refractivity contribution in [2.75, 3.05) is 32.4 Å². The van der Waals surface area contributed by atoms with Crippen molar-refractivity contribution in [1.82, 2.24) is 9.62 Å². The van der Waals surface area contributed by atoms with E-state index in [9.17, 15) is 8.42 Å². The summed E-state index contributed by atoms with van der Waals surface area (Å²) >= 11 is 0. The molecule has 0 aromatic carbocycles. The van der Waals surface area contributed by atoms with E-state index in [1.165, 1.54) is 10.6 Å². The van der Waals surface area contributed by atoms with Gasteiger partial charge in [0.15, 0.2) is 0 Å². The smallest absolute Gasteiger partial charge is 0.211 e. The monoisotopic (exact) mass is 220 g/mol. The van der Waals surface area contributed by atoms with E-state index < -0.39 is 10.0 Å². The summed E-state index contributed by atoms with van der Waals surface area (Å²) in [6.07, 6.45) is 2.46. The van der Waals surface area contributed by atoms with Crippen LogP contribution in [0, 0.1) is 0 Å². The van der Waals surface area contributed by atoms with E-state index in [1.807, 2.05) is 0 Å². The molecule has 1 unspecified atom stereocenters. The number of nitrogens with one attached hydrogen (secondary N) is 1. The molecule has 2 rings (SSSR count). The first kappa shape index (κ1) is 10.4. The van der Waals surface area contributed by atoms with Crippen molar-refractivity contribution < 1.29 is 13.2 Å². The van der Waals surface area contributed by atoms with Gasteiger partial charge in [-0.25, -0.2) is 8.42 Å². The lowest BCUT2D eigenvalue weighted by atomic mass is 10.2. The average molecular weight is 220 g/mol. The van der Waals surface area contributed by atoms with Gasteiger partial charge >= 0.3 is 0 Å². The third-order valence-corrected chi connectivity index (χ3v) is 3.98. The summed E-state index contributed by atoms with van der Waals surface area (Å²) in [5.41, 5.74) is 0. The number of nitrogens with zero attached hydrogens (tertiary/aromatic N) is 1. The highest BCUT2D eigenvalue weighted by Gasteiger charge is 2.31. The molecule has 0 aromatic heterocycles. The topological polar surface area (TPSA) is 58.6 Å². The second kappa shape index (κ2) is 3.77. The van der Waals surface area contributed by atoms with Gasteiger partial charge in [0.2, 0.25) is 10.0 Å². The number of ether oxygens (including phenoxy) is 1. The molecule has 2 saturated heterocycles. The van der Waals surface area contributed by atoms with Crippen molar-refractivity contribution in [3.8, 4) is 0 Å². The van der Waals surface area contributed by atoms with Crippen LogP contribution in [-0.2, 0) is 14.8 Å². The van der Waals surface area contributed by atoms with Crippen LogP contribution in [0.4, 0.5) is 0 Å². The number of rotatable bonds is 3. The molecule has 5 nitrogen and oxygen atoms in total. The highest BCUT2D eigenvalue weighted by Crippen LogP contribution is 2.17. The van der Waals surface area contributed by atoms with Crippen molar-refractivity contribution >= 4 is 10.0 Å².